The van der Waals surface area contributed by atoms with Crippen LogP contribution >= 0.6 is 11.3 Å². The van der Waals surface area contributed by atoms with Crippen molar-refractivity contribution in [2.75, 3.05) is 13.1 Å². The smallest absolute Gasteiger partial charge is 0.317 e. The highest BCUT2D eigenvalue weighted by molar-refractivity contribution is 7.09. The van der Waals surface area contributed by atoms with E-state index in [2.05, 4.69) is 22.4 Å². The summed E-state index contributed by atoms with van der Waals surface area (Å²) in [5.41, 5.74) is 2.13. The summed E-state index contributed by atoms with van der Waals surface area (Å²) in [6.07, 6.45) is 2.45. The molecule has 2 amide bonds. The van der Waals surface area contributed by atoms with Crippen LogP contribution in [0.3, 0.4) is 0 Å². The predicted octanol–water partition coefficient (Wildman–Crippen LogP) is 3.18. The number of carboxylic acid groups (broad SMARTS) is 1. The summed E-state index contributed by atoms with van der Waals surface area (Å²) in [6.45, 7) is 3.21. The third kappa shape index (κ3) is 5.53. The Morgan fingerprint density at radius 3 is 2.78 bits per heavy atom. The number of carbonyl (C=O) groups excluding carboxylic acids is 1. The first-order valence-electron chi connectivity index (χ1n) is 9.24. The monoisotopic (exact) mass is 387 g/mol. The fourth-order valence-electron chi connectivity index (χ4n) is 3.42. The van der Waals surface area contributed by atoms with Gasteiger partial charge in [0, 0.05) is 24.9 Å². The van der Waals surface area contributed by atoms with Crippen molar-refractivity contribution >= 4 is 23.3 Å². The lowest BCUT2D eigenvalue weighted by Crippen LogP contribution is -2.49. The number of rotatable bonds is 6. The number of carboxylic acids is 1. The Morgan fingerprint density at radius 1 is 1.26 bits per heavy atom. The maximum Gasteiger partial charge on any atom is 0.317 e. The number of hydrogen-bond donors (Lipinski definition) is 2. The molecule has 1 aromatic carbocycles. The maximum atomic E-state index is 12.4. The molecule has 2 unspecified atom stereocenters. The highest BCUT2D eigenvalue weighted by atomic mass is 32.1. The van der Waals surface area contributed by atoms with Gasteiger partial charge in [0.25, 0.3) is 0 Å². The molecule has 1 saturated heterocycles. The summed E-state index contributed by atoms with van der Waals surface area (Å²) in [5, 5.41) is 15.1. The van der Waals surface area contributed by atoms with Gasteiger partial charge < -0.3 is 15.3 Å². The standard InChI is InChI=1S/C20H25N3O3S/c1-14-9-16(19(24)25)12-23(11-14)20(26)21-10-17-13-27-18(22-17)8-7-15-5-3-2-4-6-15/h2-6,13-14,16H,7-12H2,1H3,(H,21,26)(H,24,25). The Hall–Kier alpha value is -2.41. The number of aryl methyl sites for hydroxylation is 2. The van der Waals surface area contributed by atoms with Crippen molar-refractivity contribution < 1.29 is 14.7 Å². The third-order valence-electron chi connectivity index (χ3n) is 4.79. The number of nitrogens with one attached hydrogen (secondary N) is 1. The molecule has 0 aliphatic carbocycles. The van der Waals surface area contributed by atoms with Gasteiger partial charge in [-0.15, -0.1) is 11.3 Å². The minimum atomic E-state index is -0.832. The van der Waals surface area contributed by atoms with Crippen molar-refractivity contribution in [3.8, 4) is 0 Å². The Kier molecular flexibility index (Phi) is 6.45. The van der Waals surface area contributed by atoms with E-state index in [-0.39, 0.29) is 18.5 Å². The Bertz CT molecular complexity index is 778. The lowest BCUT2D eigenvalue weighted by molar-refractivity contribution is -0.143. The van der Waals surface area contributed by atoms with Crippen molar-refractivity contribution in [1.29, 1.82) is 0 Å². The number of aliphatic carboxylic acids is 1. The number of likely N-dealkylation sites (tertiary alicyclic amines) is 1. The van der Waals surface area contributed by atoms with Gasteiger partial charge in [-0.1, -0.05) is 37.3 Å². The zero-order chi connectivity index (χ0) is 19.2. The highest BCUT2D eigenvalue weighted by Gasteiger charge is 2.31. The summed E-state index contributed by atoms with van der Waals surface area (Å²) in [7, 11) is 0. The van der Waals surface area contributed by atoms with Crippen LogP contribution < -0.4 is 5.32 Å². The molecule has 1 aromatic heterocycles. The number of aromatic nitrogens is 1. The predicted molar refractivity (Wildman–Crippen MR) is 105 cm³/mol. The fraction of sp³-hybridized carbons (Fsp3) is 0.450. The number of benzene rings is 1. The zero-order valence-corrected chi connectivity index (χ0v) is 16.2. The van der Waals surface area contributed by atoms with Crippen LogP contribution in [0, 0.1) is 11.8 Å². The van der Waals surface area contributed by atoms with Crippen LogP contribution in [0.4, 0.5) is 4.79 Å². The SMILES string of the molecule is CC1CC(C(=O)O)CN(C(=O)NCc2csc(CCc3ccccc3)n2)C1. The van der Waals surface area contributed by atoms with Crippen molar-refractivity contribution in [1.82, 2.24) is 15.2 Å². The van der Waals surface area contributed by atoms with Gasteiger partial charge in [0.05, 0.1) is 23.2 Å². The minimum absolute atomic E-state index is 0.189. The molecule has 0 bridgehead atoms. The van der Waals surface area contributed by atoms with Crippen LogP contribution in [0.1, 0.15) is 29.6 Å². The van der Waals surface area contributed by atoms with E-state index >= 15 is 0 Å². The average molecular weight is 388 g/mol. The number of piperidine rings is 1. The van der Waals surface area contributed by atoms with Crippen LogP contribution in [0.15, 0.2) is 35.7 Å². The van der Waals surface area contributed by atoms with E-state index in [1.54, 1.807) is 16.2 Å². The average Bonchev–Trinajstić information content (AvgIpc) is 3.12. The van der Waals surface area contributed by atoms with Gasteiger partial charge in [0.15, 0.2) is 0 Å². The van der Waals surface area contributed by atoms with E-state index in [0.717, 1.165) is 23.5 Å². The van der Waals surface area contributed by atoms with E-state index < -0.39 is 11.9 Å². The van der Waals surface area contributed by atoms with Crippen molar-refractivity contribution in [3.05, 3.63) is 52.0 Å². The third-order valence-corrected chi connectivity index (χ3v) is 5.74. The van der Waals surface area contributed by atoms with Gasteiger partial charge in [-0.05, 0) is 24.3 Å². The summed E-state index contributed by atoms with van der Waals surface area (Å²) in [4.78, 5) is 29.8. The highest BCUT2D eigenvalue weighted by Crippen LogP contribution is 2.22. The van der Waals surface area contributed by atoms with Crippen molar-refractivity contribution in [3.63, 3.8) is 0 Å². The first-order valence-corrected chi connectivity index (χ1v) is 10.1. The molecule has 6 nitrogen and oxygen atoms in total. The molecule has 0 spiro atoms. The van der Waals surface area contributed by atoms with Crippen molar-refractivity contribution in [2.45, 2.75) is 32.7 Å². The molecular weight excluding hydrogens is 362 g/mol. The molecule has 0 saturated carbocycles. The minimum Gasteiger partial charge on any atom is -0.481 e. The first-order chi connectivity index (χ1) is 13.0. The molecule has 1 fully saturated rings. The number of hydrogen-bond acceptors (Lipinski definition) is 4. The second-order valence-corrected chi connectivity index (χ2v) is 8.10. The van der Waals surface area contributed by atoms with Gasteiger partial charge >= 0.3 is 12.0 Å². The Morgan fingerprint density at radius 2 is 2.04 bits per heavy atom. The molecule has 7 heteroatoms. The molecule has 2 N–H and O–H groups in total. The zero-order valence-electron chi connectivity index (χ0n) is 15.4. The van der Waals surface area contributed by atoms with Crippen LogP contribution in [-0.4, -0.2) is 40.1 Å². The summed E-state index contributed by atoms with van der Waals surface area (Å²) >= 11 is 1.61. The largest absolute Gasteiger partial charge is 0.481 e. The molecule has 2 heterocycles. The Balaban J connectivity index is 1.47. The van der Waals surface area contributed by atoms with E-state index in [4.69, 9.17) is 0 Å². The van der Waals surface area contributed by atoms with Crippen molar-refractivity contribution in [2.24, 2.45) is 11.8 Å². The fourth-order valence-corrected chi connectivity index (χ4v) is 4.21. The number of carbonyl (C=O) groups is 2. The molecule has 0 radical (unpaired) electrons. The molecule has 27 heavy (non-hydrogen) atoms. The quantitative estimate of drug-likeness (QED) is 0.797. The van der Waals surface area contributed by atoms with Gasteiger partial charge in [-0.25, -0.2) is 9.78 Å². The molecule has 3 rings (SSSR count). The number of amides is 2. The number of urea groups is 1. The van der Waals surface area contributed by atoms with Crippen LogP contribution in [0.2, 0.25) is 0 Å². The van der Waals surface area contributed by atoms with Crippen LogP contribution in [-0.2, 0) is 24.2 Å². The molecule has 144 valence electrons. The first kappa shape index (κ1) is 19.4. The summed E-state index contributed by atoms with van der Waals surface area (Å²) < 4.78 is 0. The summed E-state index contributed by atoms with van der Waals surface area (Å²) in [5.74, 6) is -1.13. The molecule has 2 aromatic rings. The maximum absolute atomic E-state index is 12.4. The van der Waals surface area contributed by atoms with E-state index in [0.29, 0.717) is 19.5 Å². The van der Waals surface area contributed by atoms with Gasteiger partial charge in [-0.2, -0.15) is 0 Å². The molecular formula is C20H25N3O3S. The van der Waals surface area contributed by atoms with Crippen LogP contribution in [0.5, 0.6) is 0 Å². The second kappa shape index (κ2) is 8.99. The normalized spacial score (nSPS) is 19.7. The van der Waals surface area contributed by atoms with Gasteiger partial charge in [-0.3, -0.25) is 4.79 Å². The van der Waals surface area contributed by atoms with Crippen LogP contribution in [0.25, 0.3) is 0 Å². The molecule has 1 aliphatic rings. The van der Waals surface area contributed by atoms with Gasteiger partial charge in [0.2, 0.25) is 0 Å². The lowest BCUT2D eigenvalue weighted by atomic mass is 9.91. The van der Waals surface area contributed by atoms with E-state index in [1.165, 1.54) is 5.56 Å². The van der Waals surface area contributed by atoms with E-state index in [1.807, 2.05) is 30.5 Å². The second-order valence-electron chi connectivity index (χ2n) is 7.16. The number of thiazole rings is 1. The Labute approximate surface area is 163 Å². The molecule has 1 aliphatic heterocycles. The lowest BCUT2D eigenvalue weighted by Gasteiger charge is -2.34. The van der Waals surface area contributed by atoms with Gasteiger partial charge in [0.1, 0.15) is 0 Å². The summed E-state index contributed by atoms with van der Waals surface area (Å²) in [6, 6.07) is 10.1. The molecule has 2 atom stereocenters. The van der Waals surface area contributed by atoms with E-state index in [9.17, 15) is 14.7 Å². The number of nitrogens with zero attached hydrogens (tertiary/aromatic N) is 2. The topological polar surface area (TPSA) is 82.5 Å².